The van der Waals surface area contributed by atoms with E-state index in [1.807, 2.05) is 0 Å². The highest BCUT2D eigenvalue weighted by Gasteiger charge is 2.32. The van der Waals surface area contributed by atoms with E-state index < -0.39 is 0 Å². The highest BCUT2D eigenvalue weighted by Crippen LogP contribution is 2.37. The van der Waals surface area contributed by atoms with E-state index >= 15 is 0 Å². The average Bonchev–Trinajstić information content (AvgIpc) is 2.48. The second-order valence-corrected chi connectivity index (χ2v) is 5.32. The standard InChI is InChI=1S/C18H10O4/c19-11-1-3-13-9(5-11)7-16-15(17(13)21)8-10-6-12(20)2-4-14(10)18(16)22/h1-8,19-20H. The number of rotatable bonds is 0. The predicted molar refractivity (Wildman–Crippen MR) is 80.8 cm³/mol. The molecule has 0 saturated heterocycles. The van der Waals surface area contributed by atoms with Gasteiger partial charge in [-0.15, -0.1) is 0 Å². The molecule has 0 spiro atoms. The Bertz CT molecular complexity index is 855. The van der Waals surface area contributed by atoms with Crippen LogP contribution in [-0.4, -0.2) is 21.8 Å². The molecule has 0 atom stereocenters. The van der Waals surface area contributed by atoms with Gasteiger partial charge in [-0.1, -0.05) is 0 Å². The van der Waals surface area contributed by atoms with E-state index in [4.69, 9.17) is 0 Å². The molecule has 2 aliphatic rings. The Morgan fingerprint density at radius 3 is 1.45 bits per heavy atom. The molecule has 0 radical (unpaired) electrons. The maximum absolute atomic E-state index is 12.6. The topological polar surface area (TPSA) is 74.6 Å². The molecule has 106 valence electrons. The normalized spacial score (nSPS) is 15.5. The van der Waals surface area contributed by atoms with E-state index in [0.29, 0.717) is 33.4 Å². The van der Waals surface area contributed by atoms with Crippen LogP contribution in [0.2, 0.25) is 0 Å². The Hall–Kier alpha value is -3.14. The molecular weight excluding hydrogens is 280 g/mol. The lowest BCUT2D eigenvalue weighted by Crippen LogP contribution is -2.21. The molecule has 0 amide bonds. The summed E-state index contributed by atoms with van der Waals surface area (Å²) in [6, 6.07) is 8.92. The Labute approximate surface area is 125 Å². The molecule has 0 saturated carbocycles. The summed E-state index contributed by atoms with van der Waals surface area (Å²) in [7, 11) is 0. The van der Waals surface area contributed by atoms with Crippen LogP contribution in [0, 0.1) is 0 Å². The first-order valence-electron chi connectivity index (χ1n) is 6.74. The van der Waals surface area contributed by atoms with Crippen molar-refractivity contribution in [1.29, 1.82) is 0 Å². The number of phenolic OH excluding ortho intramolecular Hbond substituents is 2. The zero-order chi connectivity index (χ0) is 15.4. The van der Waals surface area contributed by atoms with Crippen LogP contribution in [0.4, 0.5) is 0 Å². The number of hydrogen-bond acceptors (Lipinski definition) is 4. The average molecular weight is 290 g/mol. The number of ketones is 2. The van der Waals surface area contributed by atoms with Gasteiger partial charge in [0.25, 0.3) is 0 Å². The minimum Gasteiger partial charge on any atom is -0.508 e. The predicted octanol–water partition coefficient (Wildman–Crippen LogP) is 2.96. The summed E-state index contributed by atoms with van der Waals surface area (Å²) < 4.78 is 0. The summed E-state index contributed by atoms with van der Waals surface area (Å²) in [5.41, 5.74) is 2.61. The van der Waals surface area contributed by atoms with Crippen LogP contribution in [0.1, 0.15) is 31.8 Å². The van der Waals surface area contributed by atoms with Crippen LogP contribution < -0.4 is 0 Å². The van der Waals surface area contributed by atoms with Crippen molar-refractivity contribution in [2.24, 2.45) is 0 Å². The number of carbonyl (C=O) groups excluding carboxylic acids is 2. The minimum atomic E-state index is -0.255. The first-order chi connectivity index (χ1) is 10.5. The number of aromatic hydroxyl groups is 2. The van der Waals surface area contributed by atoms with Gasteiger partial charge in [0, 0.05) is 22.3 Å². The molecule has 0 heterocycles. The first kappa shape index (κ1) is 12.6. The van der Waals surface area contributed by atoms with Crippen molar-refractivity contribution >= 4 is 23.7 Å². The van der Waals surface area contributed by atoms with Gasteiger partial charge < -0.3 is 10.2 Å². The van der Waals surface area contributed by atoms with Crippen molar-refractivity contribution in [3.63, 3.8) is 0 Å². The summed E-state index contributed by atoms with van der Waals surface area (Å²) in [6.07, 6.45) is 3.25. The van der Waals surface area contributed by atoms with Crippen LogP contribution in [0.3, 0.4) is 0 Å². The zero-order valence-electron chi connectivity index (χ0n) is 11.3. The SMILES string of the molecule is O=C1C2=Cc3cc(O)ccc3C(=O)C2=Cc2cc(O)ccc21. The fourth-order valence-electron chi connectivity index (χ4n) is 2.89. The number of fused-ring (bicyclic) bond motifs is 3. The molecule has 0 fully saturated rings. The summed E-state index contributed by atoms with van der Waals surface area (Å²) >= 11 is 0. The molecule has 4 nitrogen and oxygen atoms in total. The van der Waals surface area contributed by atoms with Gasteiger partial charge in [-0.05, 0) is 59.7 Å². The van der Waals surface area contributed by atoms with E-state index in [9.17, 15) is 19.8 Å². The van der Waals surface area contributed by atoms with Crippen molar-refractivity contribution in [3.05, 3.63) is 69.8 Å². The summed E-state index contributed by atoms with van der Waals surface area (Å²) in [5, 5.41) is 19.1. The number of hydrogen-bond donors (Lipinski definition) is 2. The van der Waals surface area contributed by atoms with Gasteiger partial charge in [0.1, 0.15) is 11.5 Å². The van der Waals surface area contributed by atoms with Gasteiger partial charge in [0.05, 0.1) is 0 Å². The Balaban J connectivity index is 1.99. The van der Waals surface area contributed by atoms with E-state index in [2.05, 4.69) is 0 Å². The van der Waals surface area contributed by atoms with E-state index in [-0.39, 0.29) is 23.1 Å². The number of allylic oxidation sites excluding steroid dienone is 2. The van der Waals surface area contributed by atoms with Gasteiger partial charge in [-0.2, -0.15) is 0 Å². The van der Waals surface area contributed by atoms with Crippen molar-refractivity contribution in [2.75, 3.05) is 0 Å². The van der Waals surface area contributed by atoms with Crippen LogP contribution in [-0.2, 0) is 0 Å². The van der Waals surface area contributed by atoms with E-state index in [0.717, 1.165) is 0 Å². The zero-order valence-corrected chi connectivity index (χ0v) is 11.3. The molecule has 0 unspecified atom stereocenters. The highest BCUT2D eigenvalue weighted by atomic mass is 16.3. The molecule has 2 aliphatic carbocycles. The van der Waals surface area contributed by atoms with Crippen LogP contribution in [0.15, 0.2) is 47.5 Å². The third-order valence-electron chi connectivity index (χ3n) is 3.94. The maximum atomic E-state index is 12.6. The summed E-state index contributed by atoms with van der Waals surface area (Å²) in [6.45, 7) is 0. The van der Waals surface area contributed by atoms with Crippen molar-refractivity contribution in [1.82, 2.24) is 0 Å². The summed E-state index contributed by atoms with van der Waals surface area (Å²) in [4.78, 5) is 25.2. The molecule has 0 bridgehead atoms. The van der Waals surface area contributed by atoms with Gasteiger partial charge in [-0.3, -0.25) is 9.59 Å². The van der Waals surface area contributed by atoms with Crippen LogP contribution in [0.5, 0.6) is 11.5 Å². The Morgan fingerprint density at radius 2 is 1.05 bits per heavy atom. The second kappa shape index (κ2) is 4.18. The Kier molecular flexibility index (Phi) is 2.39. The molecule has 0 aliphatic heterocycles. The lowest BCUT2D eigenvalue weighted by atomic mass is 9.78. The van der Waals surface area contributed by atoms with Crippen molar-refractivity contribution in [2.45, 2.75) is 0 Å². The quantitative estimate of drug-likeness (QED) is 0.782. The fourth-order valence-corrected chi connectivity index (χ4v) is 2.89. The van der Waals surface area contributed by atoms with Gasteiger partial charge >= 0.3 is 0 Å². The highest BCUT2D eigenvalue weighted by molar-refractivity contribution is 6.32. The fraction of sp³-hybridized carbons (Fsp3) is 0. The lowest BCUT2D eigenvalue weighted by molar-refractivity contribution is 0.0994. The number of carbonyl (C=O) groups is 2. The van der Waals surface area contributed by atoms with Gasteiger partial charge in [0.2, 0.25) is 0 Å². The molecule has 0 aromatic heterocycles. The van der Waals surface area contributed by atoms with Gasteiger partial charge in [-0.25, -0.2) is 0 Å². The number of phenols is 2. The molecule has 2 aromatic carbocycles. The lowest BCUT2D eigenvalue weighted by Gasteiger charge is -2.22. The Morgan fingerprint density at radius 1 is 0.636 bits per heavy atom. The third kappa shape index (κ3) is 1.64. The number of Topliss-reactive ketones (excluding diaryl/α,β-unsaturated/α-hetero) is 2. The van der Waals surface area contributed by atoms with Crippen LogP contribution >= 0.6 is 0 Å². The molecule has 4 rings (SSSR count). The van der Waals surface area contributed by atoms with Crippen molar-refractivity contribution in [3.8, 4) is 11.5 Å². The second-order valence-electron chi connectivity index (χ2n) is 5.32. The molecular formula is C18H10O4. The minimum absolute atomic E-state index is 0.0458. The molecule has 2 N–H and O–H groups in total. The first-order valence-corrected chi connectivity index (χ1v) is 6.74. The van der Waals surface area contributed by atoms with Crippen LogP contribution in [0.25, 0.3) is 12.2 Å². The summed E-state index contributed by atoms with van der Waals surface area (Å²) in [5.74, 6) is -0.418. The molecule has 4 heteroatoms. The smallest absolute Gasteiger partial charge is 0.194 e. The van der Waals surface area contributed by atoms with Gasteiger partial charge in [0.15, 0.2) is 11.6 Å². The number of benzene rings is 2. The van der Waals surface area contributed by atoms with Crippen molar-refractivity contribution < 1.29 is 19.8 Å². The van der Waals surface area contributed by atoms with E-state index in [1.165, 1.54) is 24.3 Å². The largest absolute Gasteiger partial charge is 0.508 e. The molecule has 2 aromatic rings. The monoisotopic (exact) mass is 290 g/mol. The third-order valence-corrected chi connectivity index (χ3v) is 3.94. The van der Waals surface area contributed by atoms with E-state index in [1.54, 1.807) is 24.3 Å². The molecule has 22 heavy (non-hydrogen) atoms. The maximum Gasteiger partial charge on any atom is 0.194 e.